The molecule has 0 heterocycles. The molecule has 0 aromatic carbocycles. The molecule has 0 aromatic rings. The quantitative estimate of drug-likeness (QED) is 0.0306. The van der Waals surface area contributed by atoms with E-state index < -0.39 is 23.8 Å². The first-order valence-corrected chi connectivity index (χ1v) is 18.3. The Kier molecular flexibility index (Phi) is 32.6. The second-order valence-electron chi connectivity index (χ2n) is 12.4. The van der Waals surface area contributed by atoms with Crippen molar-refractivity contribution in [2.45, 2.75) is 102 Å². The minimum Gasteiger partial charge on any atom is -0.356 e. The van der Waals surface area contributed by atoms with Crippen molar-refractivity contribution in [3.8, 4) is 0 Å². The van der Waals surface area contributed by atoms with Crippen LogP contribution >= 0.6 is 0 Å². The average molecular weight is 771 g/mol. The van der Waals surface area contributed by atoms with Crippen LogP contribution in [-0.4, -0.2) is 118 Å². The average Bonchev–Trinajstić information content (AvgIpc) is 3.16. The maximum absolute atomic E-state index is 12.8. The number of ketones is 2. The molecule has 0 aromatic heterocycles. The number of nitrogens with two attached hydrogens (primary N) is 4. The fourth-order valence-electron chi connectivity index (χ4n) is 5.05. The van der Waals surface area contributed by atoms with E-state index in [2.05, 4.69) is 31.9 Å². The van der Waals surface area contributed by atoms with Crippen molar-refractivity contribution >= 4 is 53.2 Å². The Balaban J connectivity index is 0. The highest BCUT2D eigenvalue weighted by Gasteiger charge is 2.23. The number of amides is 6. The fraction of sp³-hybridized carbons (Fsp3) is 0.735. The number of hydrogen-bond acceptors (Lipinski definition) is 14. The molecule has 0 rings (SSSR count). The van der Waals surface area contributed by atoms with Gasteiger partial charge < -0.3 is 54.8 Å². The normalized spacial score (nSPS) is 11.9. The number of nitrogens with one attached hydrogen (secondary N) is 6. The molecule has 0 aliphatic heterocycles. The van der Waals surface area contributed by atoms with E-state index in [1.165, 1.54) is 0 Å². The zero-order chi connectivity index (χ0) is 41.1. The molecule has 20 heteroatoms. The standard InChI is InChI=1S/C33H62N10O8.CO2/c1-2-24(42-32(50)22-41-33(51)23(17-25(44)18-34)9-3-6-15-39-29(47)19-35)10-4-7-14-38-28(46)13-12-27(45)26(43-31(49)21-37)11-5-8-16-40-30(48)20-36;2-1-3/h23-24,26H,2-22,34-37H2,1H3,(H,38,46)(H,39,47)(H,40,48)(H,41,51)(H,42,50)(H,43,49);/t23-,24+,26-;/m0./s1. The van der Waals surface area contributed by atoms with Gasteiger partial charge in [0.15, 0.2) is 5.78 Å². The van der Waals surface area contributed by atoms with Gasteiger partial charge >= 0.3 is 6.15 Å². The lowest BCUT2D eigenvalue weighted by molar-refractivity contribution is -0.191. The fourth-order valence-corrected chi connectivity index (χ4v) is 5.05. The van der Waals surface area contributed by atoms with Crippen molar-refractivity contribution in [1.82, 2.24) is 31.9 Å². The lowest BCUT2D eigenvalue weighted by Crippen LogP contribution is -2.44. The third-order valence-electron chi connectivity index (χ3n) is 8.08. The molecule has 0 aliphatic carbocycles. The minimum absolute atomic E-state index is 0.0315. The summed E-state index contributed by atoms with van der Waals surface area (Å²) in [6.45, 7) is 2.21. The largest absolute Gasteiger partial charge is 0.373 e. The van der Waals surface area contributed by atoms with Crippen LogP contribution in [0.5, 0.6) is 0 Å². The van der Waals surface area contributed by atoms with E-state index in [-0.39, 0.29) is 99.4 Å². The predicted molar refractivity (Wildman–Crippen MR) is 196 cm³/mol. The zero-order valence-electron chi connectivity index (χ0n) is 31.5. The molecule has 0 spiro atoms. The number of rotatable bonds is 31. The molecule has 0 unspecified atom stereocenters. The molecule has 0 saturated carbocycles. The first-order valence-electron chi connectivity index (χ1n) is 18.3. The summed E-state index contributed by atoms with van der Waals surface area (Å²) in [5.74, 6) is -3.26. The van der Waals surface area contributed by atoms with Crippen LogP contribution in [0.1, 0.15) is 90.4 Å². The van der Waals surface area contributed by atoms with Crippen LogP contribution in [0.15, 0.2) is 0 Å². The summed E-state index contributed by atoms with van der Waals surface area (Å²) < 4.78 is 0. The number of hydrogen-bond donors (Lipinski definition) is 10. The Labute approximate surface area is 316 Å². The lowest BCUT2D eigenvalue weighted by atomic mass is 9.95. The minimum atomic E-state index is -0.774. The van der Waals surface area contributed by atoms with E-state index in [1.54, 1.807) is 0 Å². The van der Waals surface area contributed by atoms with Gasteiger partial charge in [0.2, 0.25) is 35.4 Å². The van der Waals surface area contributed by atoms with Gasteiger partial charge in [-0.2, -0.15) is 9.59 Å². The van der Waals surface area contributed by atoms with Gasteiger partial charge in [-0.3, -0.25) is 38.4 Å². The highest BCUT2D eigenvalue weighted by Crippen LogP contribution is 2.14. The Hall–Kier alpha value is -4.62. The lowest BCUT2D eigenvalue weighted by Gasteiger charge is -2.19. The molecule has 14 N–H and O–H groups in total. The Bertz CT molecular complexity index is 1200. The third-order valence-corrected chi connectivity index (χ3v) is 8.08. The Morgan fingerprint density at radius 3 is 1.56 bits per heavy atom. The van der Waals surface area contributed by atoms with Crippen molar-refractivity contribution in [3.05, 3.63) is 0 Å². The van der Waals surface area contributed by atoms with E-state index in [1.807, 2.05) is 6.92 Å². The van der Waals surface area contributed by atoms with Crippen molar-refractivity contribution in [2.75, 3.05) is 52.4 Å². The molecule has 20 nitrogen and oxygen atoms in total. The van der Waals surface area contributed by atoms with E-state index in [9.17, 15) is 38.4 Å². The van der Waals surface area contributed by atoms with Crippen molar-refractivity contribution in [1.29, 1.82) is 0 Å². The molecular formula is C34H62N10O10. The van der Waals surface area contributed by atoms with Crippen molar-refractivity contribution in [2.24, 2.45) is 28.9 Å². The Morgan fingerprint density at radius 2 is 1.06 bits per heavy atom. The predicted octanol–water partition coefficient (Wildman–Crippen LogP) is -3.48. The number of carbonyl (C=O) groups is 8. The van der Waals surface area contributed by atoms with Crippen LogP contribution in [0.4, 0.5) is 0 Å². The molecule has 0 fully saturated rings. The van der Waals surface area contributed by atoms with Gasteiger partial charge in [-0.25, -0.2) is 0 Å². The van der Waals surface area contributed by atoms with E-state index in [0.29, 0.717) is 83.8 Å². The van der Waals surface area contributed by atoms with Crippen molar-refractivity contribution in [3.63, 3.8) is 0 Å². The smallest absolute Gasteiger partial charge is 0.356 e. The molecule has 3 atom stereocenters. The second-order valence-corrected chi connectivity index (χ2v) is 12.4. The monoisotopic (exact) mass is 770 g/mol. The van der Waals surface area contributed by atoms with Crippen LogP contribution in [0.2, 0.25) is 0 Å². The van der Waals surface area contributed by atoms with Gasteiger partial charge in [0, 0.05) is 50.9 Å². The molecular weight excluding hydrogens is 708 g/mol. The highest BCUT2D eigenvalue weighted by atomic mass is 16.2. The molecule has 0 bridgehead atoms. The molecule has 0 aliphatic rings. The van der Waals surface area contributed by atoms with Gasteiger partial charge in [0.25, 0.3) is 0 Å². The van der Waals surface area contributed by atoms with E-state index >= 15 is 0 Å². The summed E-state index contributed by atoms with van der Waals surface area (Å²) in [4.78, 5) is 113. The molecule has 54 heavy (non-hydrogen) atoms. The first-order chi connectivity index (χ1) is 25.8. The number of unbranched alkanes of at least 4 members (excludes halogenated alkanes) is 3. The maximum Gasteiger partial charge on any atom is 0.373 e. The van der Waals surface area contributed by atoms with Gasteiger partial charge in [-0.05, 0) is 57.8 Å². The van der Waals surface area contributed by atoms with Gasteiger partial charge in [0.1, 0.15) is 5.78 Å². The second kappa shape index (κ2) is 34.2. The highest BCUT2D eigenvalue weighted by molar-refractivity contribution is 5.92. The molecule has 6 amide bonds. The van der Waals surface area contributed by atoms with Crippen LogP contribution < -0.4 is 54.8 Å². The Morgan fingerprint density at radius 1 is 0.556 bits per heavy atom. The number of carbonyl (C=O) groups excluding carboxylic acids is 10. The van der Waals surface area contributed by atoms with Crippen LogP contribution in [-0.2, 0) is 47.9 Å². The van der Waals surface area contributed by atoms with E-state index in [4.69, 9.17) is 32.5 Å². The van der Waals surface area contributed by atoms with Gasteiger partial charge in [0.05, 0.1) is 38.8 Å². The topological polar surface area (TPSA) is 347 Å². The summed E-state index contributed by atoms with van der Waals surface area (Å²) >= 11 is 0. The first kappa shape index (κ1) is 51.5. The maximum atomic E-state index is 12.8. The summed E-state index contributed by atoms with van der Waals surface area (Å²) in [6.07, 6.45) is 5.88. The SMILES string of the molecule is CC[C@H](CCCCNC(=O)CCC(=O)[C@H](CCCCNC(=O)CN)NC(=O)CN)NC(=O)CNC(=O)[C@@H](CCCCNC(=O)CN)CC(=O)CN.O=C=O. The summed E-state index contributed by atoms with van der Waals surface area (Å²) in [5.41, 5.74) is 21.3. The van der Waals surface area contributed by atoms with Gasteiger partial charge in [-0.1, -0.05) is 13.3 Å². The summed E-state index contributed by atoms with van der Waals surface area (Å²) in [7, 11) is 0. The van der Waals surface area contributed by atoms with Crippen molar-refractivity contribution < 1.29 is 47.9 Å². The number of Topliss-reactive ketones (excluding diaryl/α,β-unsaturated/α-hetero) is 2. The molecule has 0 radical (unpaired) electrons. The van der Waals surface area contributed by atoms with Crippen LogP contribution in [0, 0.1) is 5.92 Å². The summed E-state index contributed by atoms with van der Waals surface area (Å²) in [6, 6.07) is -0.914. The molecule has 308 valence electrons. The summed E-state index contributed by atoms with van der Waals surface area (Å²) in [5, 5.41) is 16.2. The molecule has 0 saturated heterocycles. The van der Waals surface area contributed by atoms with Gasteiger partial charge in [-0.15, -0.1) is 0 Å². The third kappa shape index (κ3) is 28.9. The van der Waals surface area contributed by atoms with Crippen LogP contribution in [0.3, 0.4) is 0 Å². The van der Waals surface area contributed by atoms with E-state index in [0.717, 1.165) is 0 Å². The van der Waals surface area contributed by atoms with Crippen LogP contribution in [0.25, 0.3) is 0 Å². The zero-order valence-corrected chi connectivity index (χ0v) is 31.5.